The Morgan fingerprint density at radius 1 is 1.45 bits per heavy atom. The van der Waals surface area contributed by atoms with Crippen LogP contribution < -0.4 is 9.47 Å². The summed E-state index contributed by atoms with van der Waals surface area (Å²) in [6, 6.07) is 2.03. The zero-order chi connectivity index (χ0) is 14.3. The zero-order valence-electron chi connectivity index (χ0n) is 11.3. The van der Waals surface area contributed by atoms with Crippen LogP contribution in [0.2, 0.25) is 0 Å². The first kappa shape index (κ1) is 13.7. The fraction of sp³-hybridized carbons (Fsp3) is 0.533. The van der Waals surface area contributed by atoms with Gasteiger partial charge < -0.3 is 14.6 Å². The van der Waals surface area contributed by atoms with E-state index in [1.165, 1.54) is 0 Å². The van der Waals surface area contributed by atoms with Crippen LogP contribution >= 0.6 is 15.9 Å². The van der Waals surface area contributed by atoms with E-state index in [1.54, 1.807) is 0 Å². The molecule has 0 aromatic heterocycles. The minimum absolute atomic E-state index is 0.0771. The van der Waals surface area contributed by atoms with Gasteiger partial charge in [0, 0.05) is 5.56 Å². The monoisotopic (exact) mass is 340 g/mol. The van der Waals surface area contributed by atoms with Gasteiger partial charge in [0.05, 0.1) is 10.9 Å². The number of hydrogen-bond donors (Lipinski definition) is 1. The van der Waals surface area contributed by atoms with Gasteiger partial charge >= 0.3 is 5.97 Å². The number of carboxylic acids is 1. The van der Waals surface area contributed by atoms with E-state index in [9.17, 15) is 9.90 Å². The molecule has 1 atom stereocenters. The van der Waals surface area contributed by atoms with E-state index in [1.807, 2.05) is 6.07 Å². The number of carbonyl (C=O) groups is 1. The number of carboxylic acid groups (broad SMARTS) is 1. The third kappa shape index (κ3) is 2.39. The maximum absolute atomic E-state index is 11.2. The smallest absolute Gasteiger partial charge is 0.303 e. The Morgan fingerprint density at radius 3 is 2.75 bits per heavy atom. The summed E-state index contributed by atoms with van der Waals surface area (Å²) in [6.07, 6.45) is 3.24. The second-order valence-corrected chi connectivity index (χ2v) is 6.24. The van der Waals surface area contributed by atoms with E-state index in [2.05, 4.69) is 22.9 Å². The first-order valence-corrected chi connectivity index (χ1v) is 7.73. The van der Waals surface area contributed by atoms with Crippen LogP contribution in [0.4, 0.5) is 0 Å². The third-order valence-corrected chi connectivity index (χ3v) is 4.66. The van der Waals surface area contributed by atoms with Gasteiger partial charge in [0.1, 0.15) is 0 Å². The van der Waals surface area contributed by atoms with Crippen molar-refractivity contribution < 1.29 is 19.4 Å². The van der Waals surface area contributed by atoms with E-state index < -0.39 is 5.97 Å². The van der Waals surface area contributed by atoms with Gasteiger partial charge in [-0.15, -0.1) is 0 Å². The summed E-state index contributed by atoms with van der Waals surface area (Å²) in [6.45, 7) is 2.30. The Labute approximate surface area is 126 Å². The van der Waals surface area contributed by atoms with Gasteiger partial charge in [0.2, 0.25) is 6.79 Å². The molecular weight excluding hydrogens is 324 g/mol. The molecule has 1 aliphatic carbocycles. The Bertz CT molecular complexity index is 551. The molecule has 20 heavy (non-hydrogen) atoms. The highest BCUT2D eigenvalue weighted by Gasteiger charge is 2.37. The lowest BCUT2D eigenvalue weighted by Gasteiger charge is -2.20. The molecule has 1 aliphatic heterocycles. The van der Waals surface area contributed by atoms with Crippen molar-refractivity contribution in [3.05, 3.63) is 21.7 Å². The fourth-order valence-electron chi connectivity index (χ4n) is 3.01. The second kappa shape index (κ2) is 5.28. The molecule has 1 aromatic rings. The summed E-state index contributed by atoms with van der Waals surface area (Å²) >= 11 is 3.51. The lowest BCUT2D eigenvalue weighted by molar-refractivity contribution is -0.137. The highest BCUT2D eigenvalue weighted by atomic mass is 79.9. The third-order valence-electron chi connectivity index (χ3n) is 4.07. The summed E-state index contributed by atoms with van der Waals surface area (Å²) in [7, 11) is 0. The molecular formula is C15H17BrO4. The van der Waals surface area contributed by atoms with Gasteiger partial charge in [-0.2, -0.15) is 0 Å². The van der Waals surface area contributed by atoms with Crippen molar-refractivity contribution in [1.29, 1.82) is 0 Å². The van der Waals surface area contributed by atoms with Crippen molar-refractivity contribution in [3.8, 4) is 11.5 Å². The van der Waals surface area contributed by atoms with Crippen LogP contribution in [0.5, 0.6) is 11.5 Å². The highest BCUT2D eigenvalue weighted by molar-refractivity contribution is 9.10. The molecule has 0 spiro atoms. The first-order valence-electron chi connectivity index (χ1n) is 6.94. The van der Waals surface area contributed by atoms with Gasteiger partial charge in [0.25, 0.3) is 0 Å². The standard InChI is InChI=1S/C15H17BrO4/c1-2-9-11(10(6-13(17)18)8-3-4-8)5-12(16)15-14(9)19-7-20-15/h5,8,10H,2-4,6-7H2,1H3,(H,17,18). The lowest BCUT2D eigenvalue weighted by Crippen LogP contribution is -2.11. The Balaban J connectivity index is 2.07. The SMILES string of the molecule is CCc1c(C(CC(=O)O)C2CC2)cc(Br)c2c1OCO2. The van der Waals surface area contributed by atoms with Crippen LogP contribution in [0.1, 0.15) is 43.2 Å². The number of fused-ring (bicyclic) bond motifs is 1. The van der Waals surface area contributed by atoms with Crippen LogP contribution in [-0.2, 0) is 11.2 Å². The van der Waals surface area contributed by atoms with Crippen LogP contribution in [0.15, 0.2) is 10.5 Å². The minimum Gasteiger partial charge on any atom is -0.481 e. The molecule has 1 fully saturated rings. The quantitative estimate of drug-likeness (QED) is 0.887. The minimum atomic E-state index is -0.738. The van der Waals surface area contributed by atoms with E-state index in [4.69, 9.17) is 9.47 Å². The maximum Gasteiger partial charge on any atom is 0.303 e. The summed E-state index contributed by atoms with van der Waals surface area (Å²) in [5.41, 5.74) is 2.20. The van der Waals surface area contributed by atoms with Crippen molar-refractivity contribution >= 4 is 21.9 Å². The molecule has 0 radical (unpaired) electrons. The molecule has 1 heterocycles. The topological polar surface area (TPSA) is 55.8 Å². The van der Waals surface area contributed by atoms with Gasteiger partial charge in [0.15, 0.2) is 11.5 Å². The molecule has 2 aliphatic rings. The normalized spacial score (nSPS) is 18.1. The van der Waals surface area contributed by atoms with Gasteiger partial charge in [-0.3, -0.25) is 4.79 Å². The van der Waals surface area contributed by atoms with E-state index >= 15 is 0 Å². The summed E-state index contributed by atoms with van der Waals surface area (Å²) in [4.78, 5) is 11.2. The fourth-order valence-corrected chi connectivity index (χ4v) is 3.55. The predicted octanol–water partition coefficient (Wildman–Crippen LogP) is 3.71. The average Bonchev–Trinajstić information content (AvgIpc) is 3.12. The van der Waals surface area contributed by atoms with E-state index in [0.717, 1.165) is 46.4 Å². The zero-order valence-corrected chi connectivity index (χ0v) is 12.9. The number of benzene rings is 1. The van der Waals surface area contributed by atoms with Crippen molar-refractivity contribution in [2.75, 3.05) is 6.79 Å². The lowest BCUT2D eigenvalue weighted by atomic mass is 9.86. The van der Waals surface area contributed by atoms with Crippen molar-refractivity contribution in [3.63, 3.8) is 0 Å². The molecule has 0 saturated heterocycles. The summed E-state index contributed by atoms with van der Waals surface area (Å²) in [5.74, 6) is 1.36. The van der Waals surface area contributed by atoms with Crippen molar-refractivity contribution in [2.45, 2.75) is 38.5 Å². The first-order chi connectivity index (χ1) is 9.61. The summed E-state index contributed by atoms with van der Waals surface area (Å²) in [5, 5.41) is 9.18. The van der Waals surface area contributed by atoms with Crippen molar-refractivity contribution in [2.24, 2.45) is 5.92 Å². The molecule has 0 amide bonds. The Kier molecular flexibility index (Phi) is 3.63. The number of halogens is 1. The van der Waals surface area contributed by atoms with Gasteiger partial charge in [-0.1, -0.05) is 6.92 Å². The number of aliphatic carboxylic acids is 1. The molecule has 0 bridgehead atoms. The van der Waals surface area contributed by atoms with Crippen molar-refractivity contribution in [1.82, 2.24) is 0 Å². The van der Waals surface area contributed by atoms with E-state index in [0.29, 0.717) is 5.92 Å². The maximum atomic E-state index is 11.2. The molecule has 1 unspecified atom stereocenters. The van der Waals surface area contributed by atoms with Gasteiger partial charge in [-0.25, -0.2) is 0 Å². The molecule has 5 heteroatoms. The molecule has 4 nitrogen and oxygen atoms in total. The van der Waals surface area contributed by atoms with E-state index in [-0.39, 0.29) is 19.1 Å². The number of ether oxygens (including phenoxy) is 2. The Hall–Kier alpha value is -1.23. The number of rotatable bonds is 5. The van der Waals surface area contributed by atoms with Crippen LogP contribution in [-0.4, -0.2) is 17.9 Å². The molecule has 3 rings (SSSR count). The largest absolute Gasteiger partial charge is 0.481 e. The second-order valence-electron chi connectivity index (χ2n) is 5.39. The molecule has 108 valence electrons. The molecule has 1 N–H and O–H groups in total. The number of hydrogen-bond acceptors (Lipinski definition) is 3. The van der Waals surface area contributed by atoms with Crippen LogP contribution in [0, 0.1) is 5.92 Å². The Morgan fingerprint density at radius 2 is 2.15 bits per heavy atom. The van der Waals surface area contributed by atoms with Gasteiger partial charge in [-0.05, 0) is 58.7 Å². The average molecular weight is 341 g/mol. The molecule has 1 saturated carbocycles. The van der Waals surface area contributed by atoms with Crippen LogP contribution in [0.3, 0.4) is 0 Å². The van der Waals surface area contributed by atoms with Crippen LogP contribution in [0.25, 0.3) is 0 Å². The molecule has 1 aromatic carbocycles. The highest BCUT2D eigenvalue weighted by Crippen LogP contribution is 2.51. The predicted molar refractivity (Wildman–Crippen MR) is 77.4 cm³/mol. The summed E-state index contributed by atoms with van der Waals surface area (Å²) < 4.78 is 11.9.